The van der Waals surface area contributed by atoms with E-state index >= 15 is 0 Å². The monoisotopic (exact) mass is 545 g/mol. The molecule has 0 spiro atoms. The van der Waals surface area contributed by atoms with Gasteiger partial charge in [-0.1, -0.05) is 12.1 Å². The maximum absolute atomic E-state index is 13.9. The number of ether oxygens (including phenoxy) is 3. The Hall–Kier alpha value is -4.14. The first-order valence-corrected chi connectivity index (χ1v) is 13.6. The lowest BCUT2D eigenvalue weighted by Crippen LogP contribution is -2.39. The Bertz CT molecular complexity index is 1430. The molecular formula is C31H35N3O6. The molecule has 3 aromatic rings. The summed E-state index contributed by atoms with van der Waals surface area (Å²) in [4.78, 5) is 40.9. The van der Waals surface area contributed by atoms with Crippen molar-refractivity contribution < 1.29 is 28.6 Å². The van der Waals surface area contributed by atoms with E-state index in [1.54, 1.807) is 43.2 Å². The molecule has 2 heterocycles. The van der Waals surface area contributed by atoms with E-state index in [-0.39, 0.29) is 29.6 Å². The van der Waals surface area contributed by atoms with E-state index in [4.69, 9.17) is 14.2 Å². The third-order valence-electron chi connectivity index (χ3n) is 7.35. The number of methoxy groups -OCH3 is 1. The van der Waals surface area contributed by atoms with Crippen molar-refractivity contribution in [2.45, 2.75) is 64.4 Å². The highest BCUT2D eigenvalue weighted by Crippen LogP contribution is 2.51. The highest BCUT2D eigenvalue weighted by molar-refractivity contribution is 6.09. The van der Waals surface area contributed by atoms with Gasteiger partial charge in [0.25, 0.3) is 5.91 Å². The van der Waals surface area contributed by atoms with Gasteiger partial charge in [-0.05, 0) is 88.9 Å². The summed E-state index contributed by atoms with van der Waals surface area (Å²) in [5, 5.41) is 4.53. The molecule has 210 valence electrons. The van der Waals surface area contributed by atoms with Crippen LogP contribution in [0.3, 0.4) is 0 Å². The van der Waals surface area contributed by atoms with Gasteiger partial charge in [0.2, 0.25) is 0 Å². The van der Waals surface area contributed by atoms with Gasteiger partial charge >= 0.3 is 11.9 Å². The van der Waals surface area contributed by atoms with Crippen LogP contribution in [0.1, 0.15) is 79.1 Å². The fourth-order valence-corrected chi connectivity index (χ4v) is 5.25. The van der Waals surface area contributed by atoms with Crippen LogP contribution in [-0.4, -0.2) is 53.5 Å². The van der Waals surface area contributed by atoms with Gasteiger partial charge < -0.3 is 19.1 Å². The molecule has 0 radical (unpaired) electrons. The lowest BCUT2D eigenvalue weighted by molar-refractivity contribution is -0.155. The van der Waals surface area contributed by atoms with Gasteiger partial charge in [-0.15, -0.1) is 0 Å². The van der Waals surface area contributed by atoms with E-state index in [0.29, 0.717) is 42.1 Å². The van der Waals surface area contributed by atoms with Crippen molar-refractivity contribution in [2.24, 2.45) is 0 Å². The number of esters is 2. The normalized spacial score (nSPS) is 15.8. The fourth-order valence-electron chi connectivity index (χ4n) is 5.25. The van der Waals surface area contributed by atoms with Gasteiger partial charge in [-0.25, -0.2) is 9.48 Å². The lowest BCUT2D eigenvalue weighted by atomic mass is 9.92. The summed E-state index contributed by atoms with van der Waals surface area (Å²) >= 11 is 0. The van der Waals surface area contributed by atoms with Crippen LogP contribution in [-0.2, 0) is 26.1 Å². The Kier molecular flexibility index (Phi) is 7.16. The summed E-state index contributed by atoms with van der Waals surface area (Å²) in [5.41, 5.74) is 2.81. The van der Waals surface area contributed by atoms with Gasteiger partial charge in [0.1, 0.15) is 17.0 Å². The van der Waals surface area contributed by atoms with Crippen LogP contribution in [0.15, 0.2) is 48.5 Å². The molecule has 0 bridgehead atoms. The topological polar surface area (TPSA) is 100.0 Å². The Balaban J connectivity index is 1.43. The minimum absolute atomic E-state index is 0.161. The number of rotatable bonds is 8. The van der Waals surface area contributed by atoms with Crippen molar-refractivity contribution in [2.75, 3.05) is 25.2 Å². The van der Waals surface area contributed by atoms with Crippen LogP contribution in [0.4, 0.5) is 5.69 Å². The zero-order chi connectivity index (χ0) is 28.7. The van der Waals surface area contributed by atoms with Crippen molar-refractivity contribution in [3.05, 3.63) is 71.0 Å². The molecule has 0 unspecified atom stereocenters. The van der Waals surface area contributed by atoms with Gasteiger partial charge in [0.05, 0.1) is 25.8 Å². The van der Waals surface area contributed by atoms with Crippen molar-refractivity contribution in [3.8, 4) is 11.4 Å². The molecule has 9 nitrogen and oxygen atoms in total. The number of aromatic nitrogens is 2. The standard InChI is InChI=1S/C31H35N3O6/c1-6-39-29(37)26-24-15-18-33(28(36)27(24)34(32-26)22-11-13-23(38-5)14-12-22)21-9-7-20(8-10-21)31(16-17-31)19-25(35)40-30(2,3)4/h7-14H,6,15-19H2,1-5H3. The summed E-state index contributed by atoms with van der Waals surface area (Å²) in [6.45, 7) is 7.96. The molecule has 2 aromatic carbocycles. The summed E-state index contributed by atoms with van der Waals surface area (Å²) in [5.74, 6) is -0.320. The molecule has 1 amide bonds. The smallest absolute Gasteiger partial charge is 0.359 e. The second-order valence-electron chi connectivity index (χ2n) is 11.3. The van der Waals surface area contributed by atoms with E-state index in [1.165, 1.54) is 4.68 Å². The number of amides is 1. The Morgan fingerprint density at radius 3 is 2.23 bits per heavy atom. The molecule has 1 aromatic heterocycles. The molecule has 2 aliphatic rings. The van der Waals surface area contributed by atoms with Crippen molar-refractivity contribution in [3.63, 3.8) is 0 Å². The number of hydrogen-bond acceptors (Lipinski definition) is 7. The Labute approximate surface area is 234 Å². The van der Waals surface area contributed by atoms with Gasteiger partial charge in [0.15, 0.2) is 5.69 Å². The number of carbonyl (C=O) groups is 3. The van der Waals surface area contributed by atoms with E-state index in [0.717, 1.165) is 24.1 Å². The molecule has 1 fully saturated rings. The second kappa shape index (κ2) is 10.4. The average molecular weight is 546 g/mol. The fraction of sp³-hybridized carbons (Fsp3) is 0.419. The van der Waals surface area contributed by atoms with E-state index in [1.807, 2.05) is 45.0 Å². The minimum Gasteiger partial charge on any atom is -0.497 e. The maximum atomic E-state index is 13.9. The SMILES string of the molecule is CCOC(=O)c1nn(-c2ccc(OC)cc2)c2c1CCN(c1ccc(C3(CC(=O)OC(C)(C)C)CC3)cc1)C2=O. The number of hydrogen-bond donors (Lipinski definition) is 0. The number of carbonyl (C=O) groups excluding carboxylic acids is 3. The first-order chi connectivity index (χ1) is 19.0. The van der Waals surface area contributed by atoms with Crippen molar-refractivity contribution in [1.29, 1.82) is 0 Å². The van der Waals surface area contributed by atoms with Crippen LogP contribution in [0, 0.1) is 0 Å². The molecule has 0 atom stereocenters. The first-order valence-electron chi connectivity index (χ1n) is 13.6. The highest BCUT2D eigenvalue weighted by Gasteiger charge is 2.47. The predicted octanol–water partition coefficient (Wildman–Crippen LogP) is 5.02. The number of nitrogens with zero attached hydrogens (tertiary/aromatic N) is 3. The second-order valence-corrected chi connectivity index (χ2v) is 11.3. The first kappa shape index (κ1) is 27.4. The predicted molar refractivity (Wildman–Crippen MR) is 149 cm³/mol. The van der Waals surface area contributed by atoms with Crippen LogP contribution >= 0.6 is 0 Å². The van der Waals surface area contributed by atoms with Gasteiger partial charge in [-0.3, -0.25) is 9.59 Å². The van der Waals surface area contributed by atoms with Crippen LogP contribution in [0.5, 0.6) is 5.75 Å². The largest absolute Gasteiger partial charge is 0.497 e. The average Bonchev–Trinajstić information content (AvgIpc) is 3.58. The quantitative estimate of drug-likeness (QED) is 0.366. The summed E-state index contributed by atoms with van der Waals surface area (Å²) in [6, 6.07) is 15.0. The number of fused-ring (bicyclic) bond motifs is 1. The van der Waals surface area contributed by atoms with Gasteiger partial charge in [0, 0.05) is 23.2 Å². The van der Waals surface area contributed by atoms with E-state index < -0.39 is 11.6 Å². The third kappa shape index (κ3) is 5.33. The van der Waals surface area contributed by atoms with Crippen LogP contribution < -0.4 is 9.64 Å². The molecule has 5 rings (SSSR count). The van der Waals surface area contributed by atoms with Crippen molar-refractivity contribution in [1.82, 2.24) is 9.78 Å². The van der Waals surface area contributed by atoms with E-state index in [9.17, 15) is 14.4 Å². The molecule has 1 aliphatic heterocycles. The van der Waals surface area contributed by atoms with Crippen LogP contribution in [0.25, 0.3) is 5.69 Å². The zero-order valence-corrected chi connectivity index (χ0v) is 23.7. The molecule has 9 heteroatoms. The summed E-state index contributed by atoms with van der Waals surface area (Å²) in [6.07, 6.45) is 2.65. The molecule has 1 saturated carbocycles. The third-order valence-corrected chi connectivity index (χ3v) is 7.35. The Morgan fingerprint density at radius 2 is 1.65 bits per heavy atom. The molecule has 40 heavy (non-hydrogen) atoms. The molecule has 0 saturated heterocycles. The molecule has 0 N–H and O–H groups in total. The number of anilines is 1. The maximum Gasteiger partial charge on any atom is 0.359 e. The van der Waals surface area contributed by atoms with E-state index in [2.05, 4.69) is 5.10 Å². The zero-order valence-electron chi connectivity index (χ0n) is 23.7. The summed E-state index contributed by atoms with van der Waals surface area (Å²) in [7, 11) is 1.58. The summed E-state index contributed by atoms with van der Waals surface area (Å²) < 4.78 is 17.6. The van der Waals surface area contributed by atoms with Crippen molar-refractivity contribution >= 4 is 23.5 Å². The lowest BCUT2D eigenvalue weighted by Gasteiger charge is -2.28. The highest BCUT2D eigenvalue weighted by atomic mass is 16.6. The molecule has 1 aliphatic carbocycles. The number of benzene rings is 2. The Morgan fingerprint density at radius 1 is 1.00 bits per heavy atom. The molecular weight excluding hydrogens is 510 g/mol. The van der Waals surface area contributed by atoms with Gasteiger partial charge in [-0.2, -0.15) is 5.10 Å². The minimum atomic E-state index is -0.545. The van der Waals surface area contributed by atoms with Crippen LogP contribution in [0.2, 0.25) is 0 Å².